The number of carbonyl (C=O) groups is 1. The molecule has 14 heavy (non-hydrogen) atoms. The van der Waals surface area contributed by atoms with Crippen LogP contribution in [0.15, 0.2) is 12.2 Å². The SMILES string of the molecule is O=C(O)C1(CCCO)CC2C=CC1C2. The Morgan fingerprint density at radius 1 is 1.50 bits per heavy atom. The summed E-state index contributed by atoms with van der Waals surface area (Å²) in [5, 5.41) is 18.1. The van der Waals surface area contributed by atoms with Gasteiger partial charge < -0.3 is 10.2 Å². The van der Waals surface area contributed by atoms with Crippen molar-refractivity contribution < 1.29 is 15.0 Å². The molecule has 0 heterocycles. The average molecular weight is 196 g/mol. The maximum Gasteiger partial charge on any atom is 0.310 e. The van der Waals surface area contributed by atoms with Crippen molar-refractivity contribution in [2.45, 2.75) is 25.7 Å². The predicted octanol–water partition coefficient (Wildman–Crippen LogP) is 1.43. The van der Waals surface area contributed by atoms with Gasteiger partial charge in [0.2, 0.25) is 0 Å². The maximum atomic E-state index is 11.3. The van der Waals surface area contributed by atoms with Crippen molar-refractivity contribution in [3.63, 3.8) is 0 Å². The fourth-order valence-electron chi connectivity index (χ4n) is 2.99. The van der Waals surface area contributed by atoms with Crippen LogP contribution in [0.1, 0.15) is 25.7 Å². The van der Waals surface area contributed by atoms with E-state index in [1.807, 2.05) is 0 Å². The van der Waals surface area contributed by atoms with E-state index in [2.05, 4.69) is 12.2 Å². The molecule has 0 aromatic carbocycles. The molecule has 0 amide bonds. The number of carboxylic acid groups (broad SMARTS) is 1. The Morgan fingerprint density at radius 2 is 2.29 bits per heavy atom. The van der Waals surface area contributed by atoms with Crippen molar-refractivity contribution >= 4 is 5.97 Å². The second kappa shape index (κ2) is 3.39. The summed E-state index contributed by atoms with van der Waals surface area (Å²) in [4.78, 5) is 11.3. The largest absolute Gasteiger partial charge is 0.481 e. The molecule has 0 spiro atoms. The summed E-state index contributed by atoms with van der Waals surface area (Å²) in [6.45, 7) is 0.0934. The second-order valence-electron chi connectivity index (χ2n) is 4.48. The van der Waals surface area contributed by atoms with E-state index < -0.39 is 11.4 Å². The molecule has 1 saturated carbocycles. The molecule has 2 N–H and O–H groups in total. The highest BCUT2D eigenvalue weighted by Crippen LogP contribution is 2.54. The number of rotatable bonds is 4. The number of fused-ring (bicyclic) bond motifs is 2. The molecule has 78 valence electrons. The van der Waals surface area contributed by atoms with Gasteiger partial charge in [-0.15, -0.1) is 0 Å². The summed E-state index contributed by atoms with van der Waals surface area (Å²) >= 11 is 0. The third-order valence-electron chi connectivity index (χ3n) is 3.72. The smallest absolute Gasteiger partial charge is 0.310 e. The normalized spacial score (nSPS) is 39.2. The first-order chi connectivity index (χ1) is 6.69. The number of hydrogen-bond acceptors (Lipinski definition) is 2. The molecule has 2 bridgehead atoms. The van der Waals surface area contributed by atoms with Crippen molar-refractivity contribution in [1.82, 2.24) is 0 Å². The third-order valence-corrected chi connectivity index (χ3v) is 3.72. The van der Waals surface area contributed by atoms with Gasteiger partial charge in [-0.25, -0.2) is 0 Å². The van der Waals surface area contributed by atoms with Crippen molar-refractivity contribution in [3.05, 3.63) is 12.2 Å². The van der Waals surface area contributed by atoms with Gasteiger partial charge in [-0.05, 0) is 37.5 Å². The fraction of sp³-hybridized carbons (Fsp3) is 0.727. The van der Waals surface area contributed by atoms with Gasteiger partial charge >= 0.3 is 5.97 Å². The summed E-state index contributed by atoms with van der Waals surface area (Å²) in [6.07, 6.45) is 7.18. The first-order valence-electron chi connectivity index (χ1n) is 5.21. The summed E-state index contributed by atoms with van der Waals surface area (Å²) < 4.78 is 0. The Bertz CT molecular complexity index is 272. The lowest BCUT2D eigenvalue weighted by atomic mass is 9.72. The van der Waals surface area contributed by atoms with Gasteiger partial charge in [-0.3, -0.25) is 4.79 Å². The molecule has 0 aromatic heterocycles. The Balaban J connectivity index is 2.16. The van der Waals surface area contributed by atoms with E-state index in [1.54, 1.807) is 0 Å². The molecule has 0 aliphatic heterocycles. The lowest BCUT2D eigenvalue weighted by molar-refractivity contribution is -0.151. The molecule has 0 saturated heterocycles. The molecule has 2 aliphatic carbocycles. The minimum Gasteiger partial charge on any atom is -0.481 e. The predicted molar refractivity (Wildman–Crippen MR) is 51.7 cm³/mol. The molecule has 3 nitrogen and oxygen atoms in total. The summed E-state index contributed by atoms with van der Waals surface area (Å²) in [5.74, 6) is -0.00542. The lowest BCUT2D eigenvalue weighted by Gasteiger charge is -2.30. The van der Waals surface area contributed by atoms with E-state index >= 15 is 0 Å². The van der Waals surface area contributed by atoms with Crippen molar-refractivity contribution in [1.29, 1.82) is 0 Å². The third kappa shape index (κ3) is 1.27. The van der Waals surface area contributed by atoms with Crippen LogP contribution in [0.3, 0.4) is 0 Å². The zero-order valence-electron chi connectivity index (χ0n) is 8.15. The zero-order valence-corrected chi connectivity index (χ0v) is 8.15. The minimum atomic E-state index is -0.678. The Labute approximate surface area is 83.4 Å². The number of allylic oxidation sites excluding steroid dienone is 2. The lowest BCUT2D eigenvalue weighted by Crippen LogP contribution is -2.35. The van der Waals surface area contributed by atoms with Crippen molar-refractivity contribution in [3.8, 4) is 0 Å². The number of hydrogen-bond donors (Lipinski definition) is 2. The van der Waals surface area contributed by atoms with E-state index in [9.17, 15) is 9.90 Å². The molecule has 3 heteroatoms. The minimum absolute atomic E-state index is 0.0934. The maximum absolute atomic E-state index is 11.3. The number of aliphatic hydroxyl groups is 1. The van der Waals surface area contributed by atoms with Crippen LogP contribution < -0.4 is 0 Å². The van der Waals surface area contributed by atoms with Crippen molar-refractivity contribution in [2.24, 2.45) is 17.3 Å². The first-order valence-corrected chi connectivity index (χ1v) is 5.21. The molecule has 2 aliphatic rings. The molecular weight excluding hydrogens is 180 g/mol. The Morgan fingerprint density at radius 3 is 2.71 bits per heavy atom. The van der Waals surface area contributed by atoms with Crippen LogP contribution in [0.2, 0.25) is 0 Å². The van der Waals surface area contributed by atoms with Crippen LogP contribution in [0.5, 0.6) is 0 Å². The highest BCUT2D eigenvalue weighted by atomic mass is 16.4. The highest BCUT2D eigenvalue weighted by Gasteiger charge is 2.52. The van der Waals surface area contributed by atoms with Crippen LogP contribution in [0, 0.1) is 17.3 Å². The monoisotopic (exact) mass is 196 g/mol. The standard InChI is InChI=1S/C11H16O3/c12-5-1-4-11(10(13)14)7-8-2-3-9(11)6-8/h2-3,8-9,12H,1,4-7H2,(H,13,14). The van der Waals surface area contributed by atoms with Gasteiger partial charge in [0.1, 0.15) is 0 Å². The second-order valence-corrected chi connectivity index (χ2v) is 4.48. The van der Waals surface area contributed by atoms with Gasteiger partial charge in [0.15, 0.2) is 0 Å². The van der Waals surface area contributed by atoms with E-state index in [4.69, 9.17) is 5.11 Å². The highest BCUT2D eigenvalue weighted by molar-refractivity contribution is 5.76. The Kier molecular flexibility index (Phi) is 2.35. The summed E-state index contributed by atoms with van der Waals surface area (Å²) in [6, 6.07) is 0. The van der Waals surface area contributed by atoms with E-state index in [-0.39, 0.29) is 12.5 Å². The fourth-order valence-corrected chi connectivity index (χ4v) is 2.99. The van der Waals surface area contributed by atoms with Gasteiger partial charge in [0, 0.05) is 6.61 Å². The number of aliphatic carboxylic acids is 1. The van der Waals surface area contributed by atoms with Gasteiger partial charge in [0.05, 0.1) is 5.41 Å². The zero-order chi connectivity index (χ0) is 10.2. The molecule has 0 aromatic rings. The molecule has 3 atom stereocenters. The molecule has 0 radical (unpaired) electrons. The quantitative estimate of drug-likeness (QED) is 0.669. The van der Waals surface area contributed by atoms with E-state index in [0.29, 0.717) is 18.8 Å². The van der Waals surface area contributed by atoms with Crippen LogP contribution in [-0.2, 0) is 4.79 Å². The van der Waals surface area contributed by atoms with E-state index in [0.717, 1.165) is 12.8 Å². The van der Waals surface area contributed by atoms with Gasteiger partial charge in [-0.1, -0.05) is 12.2 Å². The molecular formula is C11H16O3. The number of aliphatic hydroxyl groups excluding tert-OH is 1. The van der Waals surface area contributed by atoms with Crippen LogP contribution in [-0.4, -0.2) is 22.8 Å². The topological polar surface area (TPSA) is 57.5 Å². The summed E-state index contributed by atoms with van der Waals surface area (Å²) in [5.41, 5.74) is -0.567. The van der Waals surface area contributed by atoms with Crippen molar-refractivity contribution in [2.75, 3.05) is 6.61 Å². The molecule has 3 unspecified atom stereocenters. The van der Waals surface area contributed by atoms with Gasteiger partial charge in [-0.2, -0.15) is 0 Å². The average Bonchev–Trinajstić information content (AvgIpc) is 2.74. The molecule has 1 fully saturated rings. The first kappa shape index (κ1) is 9.71. The molecule has 2 rings (SSSR count). The van der Waals surface area contributed by atoms with Crippen LogP contribution in [0.25, 0.3) is 0 Å². The van der Waals surface area contributed by atoms with Gasteiger partial charge in [0.25, 0.3) is 0 Å². The summed E-state index contributed by atoms with van der Waals surface area (Å²) in [7, 11) is 0. The van der Waals surface area contributed by atoms with E-state index in [1.165, 1.54) is 0 Å². The van der Waals surface area contributed by atoms with Crippen LogP contribution >= 0.6 is 0 Å². The Hall–Kier alpha value is -0.830. The van der Waals surface area contributed by atoms with Crippen LogP contribution in [0.4, 0.5) is 0 Å². The number of carboxylic acids is 1.